The van der Waals surface area contributed by atoms with Crippen LogP contribution in [0, 0.1) is 24.7 Å². The van der Waals surface area contributed by atoms with Crippen molar-refractivity contribution in [1.29, 1.82) is 0 Å². The zero-order valence-electron chi connectivity index (χ0n) is 11.4. The summed E-state index contributed by atoms with van der Waals surface area (Å²) in [5, 5.41) is 0. The van der Waals surface area contributed by atoms with Crippen LogP contribution in [0.2, 0.25) is 0 Å². The first-order valence-electron chi connectivity index (χ1n) is 7.02. The van der Waals surface area contributed by atoms with Gasteiger partial charge in [-0.2, -0.15) is 0 Å². The largest absolute Gasteiger partial charge is 0.274 e. The maximum atomic E-state index is 12.5. The van der Waals surface area contributed by atoms with Crippen molar-refractivity contribution in [1.82, 2.24) is 0 Å². The van der Waals surface area contributed by atoms with Crippen molar-refractivity contribution in [2.45, 2.75) is 33.1 Å². The standard InChI is InChI=1S/C16H19NO2/c1-10-3-6-12(7-4-10)17-15(18)13-8-5-11(2)9-14(13)16(17)19/h3-4,6-7,11,13-14H,5,8-9H2,1-2H3/t11-,13-,14-/m1/s1. The van der Waals surface area contributed by atoms with E-state index in [4.69, 9.17) is 0 Å². The molecule has 0 unspecified atom stereocenters. The Balaban J connectivity index is 1.93. The maximum absolute atomic E-state index is 12.5. The fraction of sp³-hybridized carbons (Fsp3) is 0.500. The number of hydrogen-bond donors (Lipinski definition) is 0. The molecule has 19 heavy (non-hydrogen) atoms. The van der Waals surface area contributed by atoms with Crippen molar-refractivity contribution in [2.24, 2.45) is 17.8 Å². The average Bonchev–Trinajstić information content (AvgIpc) is 2.63. The van der Waals surface area contributed by atoms with E-state index >= 15 is 0 Å². The minimum atomic E-state index is -0.0856. The lowest BCUT2D eigenvalue weighted by Gasteiger charge is -2.25. The van der Waals surface area contributed by atoms with Gasteiger partial charge in [-0.1, -0.05) is 24.6 Å². The predicted octanol–water partition coefficient (Wildman–Crippen LogP) is 2.92. The fourth-order valence-corrected chi connectivity index (χ4v) is 3.34. The molecule has 1 aromatic carbocycles. The van der Waals surface area contributed by atoms with E-state index in [2.05, 4.69) is 6.92 Å². The maximum Gasteiger partial charge on any atom is 0.237 e. The van der Waals surface area contributed by atoms with E-state index in [0.717, 1.165) is 30.5 Å². The van der Waals surface area contributed by atoms with Crippen molar-refractivity contribution >= 4 is 17.5 Å². The predicted molar refractivity (Wildman–Crippen MR) is 73.7 cm³/mol. The number of aryl methyl sites for hydroxylation is 1. The Morgan fingerprint density at radius 2 is 1.63 bits per heavy atom. The van der Waals surface area contributed by atoms with E-state index in [1.165, 1.54) is 4.90 Å². The molecule has 2 aliphatic rings. The van der Waals surface area contributed by atoms with Crippen molar-refractivity contribution in [3.63, 3.8) is 0 Å². The minimum Gasteiger partial charge on any atom is -0.274 e. The summed E-state index contributed by atoms with van der Waals surface area (Å²) in [6, 6.07) is 7.62. The molecule has 0 bridgehead atoms. The van der Waals surface area contributed by atoms with Gasteiger partial charge in [0.1, 0.15) is 0 Å². The van der Waals surface area contributed by atoms with Gasteiger partial charge in [-0.3, -0.25) is 14.5 Å². The van der Waals surface area contributed by atoms with E-state index in [-0.39, 0.29) is 23.7 Å². The van der Waals surface area contributed by atoms with Crippen molar-refractivity contribution in [2.75, 3.05) is 4.90 Å². The van der Waals surface area contributed by atoms with Crippen LogP contribution >= 0.6 is 0 Å². The number of hydrogen-bond acceptors (Lipinski definition) is 2. The topological polar surface area (TPSA) is 37.4 Å². The van der Waals surface area contributed by atoms with Crippen molar-refractivity contribution in [3.05, 3.63) is 29.8 Å². The Morgan fingerprint density at radius 1 is 1.00 bits per heavy atom. The number of benzene rings is 1. The molecule has 1 saturated carbocycles. The van der Waals surface area contributed by atoms with Crippen LogP contribution in [0.5, 0.6) is 0 Å². The Labute approximate surface area is 113 Å². The number of anilines is 1. The van der Waals surface area contributed by atoms with Crippen molar-refractivity contribution in [3.8, 4) is 0 Å². The summed E-state index contributed by atoms with van der Waals surface area (Å²) in [5.74, 6) is 0.398. The van der Waals surface area contributed by atoms with Crippen LogP contribution in [-0.2, 0) is 9.59 Å². The third-order valence-electron chi connectivity index (χ3n) is 4.48. The summed E-state index contributed by atoms with van der Waals surface area (Å²) in [4.78, 5) is 26.3. The molecule has 3 atom stereocenters. The molecular weight excluding hydrogens is 238 g/mol. The van der Waals surface area contributed by atoms with Gasteiger partial charge in [-0.05, 0) is 44.2 Å². The molecule has 100 valence electrons. The van der Waals surface area contributed by atoms with Gasteiger partial charge < -0.3 is 0 Å². The summed E-state index contributed by atoms with van der Waals surface area (Å²) in [5.41, 5.74) is 1.86. The lowest BCUT2D eigenvalue weighted by molar-refractivity contribution is -0.122. The van der Waals surface area contributed by atoms with Gasteiger partial charge in [0, 0.05) is 0 Å². The SMILES string of the molecule is Cc1ccc(N2C(=O)[C@@H]3CC[C@@H](C)C[C@H]3C2=O)cc1. The second kappa shape index (κ2) is 4.48. The highest BCUT2D eigenvalue weighted by Gasteiger charge is 2.49. The summed E-state index contributed by atoms with van der Waals surface area (Å²) in [6.07, 6.45) is 2.78. The molecule has 2 fully saturated rings. The molecule has 0 aromatic heterocycles. The molecule has 0 radical (unpaired) electrons. The molecule has 3 nitrogen and oxygen atoms in total. The molecular formula is C16H19NO2. The lowest BCUT2D eigenvalue weighted by Crippen LogP contribution is -2.30. The van der Waals surface area contributed by atoms with Crippen LogP contribution < -0.4 is 4.90 Å². The van der Waals surface area contributed by atoms with Gasteiger partial charge in [0.25, 0.3) is 0 Å². The highest BCUT2D eigenvalue weighted by Crippen LogP contribution is 2.42. The van der Waals surface area contributed by atoms with E-state index < -0.39 is 0 Å². The number of amides is 2. The third-order valence-corrected chi connectivity index (χ3v) is 4.48. The second-order valence-corrected chi connectivity index (χ2v) is 5.98. The van der Waals surface area contributed by atoms with Gasteiger partial charge in [0.15, 0.2) is 0 Å². The van der Waals surface area contributed by atoms with Crippen LogP contribution in [0.25, 0.3) is 0 Å². The van der Waals surface area contributed by atoms with Crippen LogP contribution in [0.15, 0.2) is 24.3 Å². The molecule has 1 heterocycles. The van der Waals surface area contributed by atoms with Gasteiger partial charge in [-0.25, -0.2) is 0 Å². The smallest absolute Gasteiger partial charge is 0.237 e. The number of rotatable bonds is 1. The average molecular weight is 257 g/mol. The Hall–Kier alpha value is -1.64. The summed E-state index contributed by atoms with van der Waals surface area (Å²) in [6.45, 7) is 4.17. The Kier molecular flexibility index (Phi) is 2.92. The lowest BCUT2D eigenvalue weighted by atomic mass is 9.76. The van der Waals surface area contributed by atoms with Crippen LogP contribution in [0.1, 0.15) is 31.7 Å². The second-order valence-electron chi connectivity index (χ2n) is 5.98. The minimum absolute atomic E-state index is 0.00500. The van der Waals surface area contributed by atoms with Crippen LogP contribution in [0.3, 0.4) is 0 Å². The van der Waals surface area contributed by atoms with Gasteiger partial charge in [0.05, 0.1) is 17.5 Å². The third kappa shape index (κ3) is 1.97. The molecule has 3 heteroatoms. The number of imide groups is 1. The monoisotopic (exact) mass is 257 g/mol. The van der Waals surface area contributed by atoms with E-state index in [1.807, 2.05) is 31.2 Å². The molecule has 2 amide bonds. The van der Waals surface area contributed by atoms with E-state index in [1.54, 1.807) is 0 Å². The Bertz CT molecular complexity index is 520. The molecule has 1 aliphatic heterocycles. The quantitative estimate of drug-likeness (QED) is 0.725. The van der Waals surface area contributed by atoms with Crippen molar-refractivity contribution < 1.29 is 9.59 Å². The van der Waals surface area contributed by atoms with Crippen LogP contribution in [-0.4, -0.2) is 11.8 Å². The molecule has 0 N–H and O–H groups in total. The van der Waals surface area contributed by atoms with Crippen LogP contribution in [0.4, 0.5) is 5.69 Å². The zero-order valence-corrected chi connectivity index (χ0v) is 11.4. The number of fused-ring (bicyclic) bond motifs is 1. The molecule has 3 rings (SSSR count). The Morgan fingerprint density at radius 3 is 2.32 bits per heavy atom. The summed E-state index contributed by atoms with van der Waals surface area (Å²) < 4.78 is 0. The molecule has 1 saturated heterocycles. The normalized spacial score (nSPS) is 30.6. The first-order valence-corrected chi connectivity index (χ1v) is 7.02. The molecule has 1 aromatic rings. The van der Waals surface area contributed by atoms with E-state index in [0.29, 0.717) is 5.92 Å². The first kappa shape index (κ1) is 12.4. The van der Waals surface area contributed by atoms with Gasteiger partial charge in [0.2, 0.25) is 11.8 Å². The summed E-state index contributed by atoms with van der Waals surface area (Å²) >= 11 is 0. The number of carbonyl (C=O) groups excluding carboxylic acids is 2. The molecule has 0 spiro atoms. The highest BCUT2D eigenvalue weighted by molar-refractivity contribution is 6.22. The van der Waals surface area contributed by atoms with Gasteiger partial charge >= 0.3 is 0 Å². The van der Waals surface area contributed by atoms with Gasteiger partial charge in [-0.15, -0.1) is 0 Å². The van der Waals surface area contributed by atoms with E-state index in [9.17, 15) is 9.59 Å². The number of carbonyl (C=O) groups is 2. The fourth-order valence-electron chi connectivity index (χ4n) is 3.34. The molecule has 1 aliphatic carbocycles. The zero-order chi connectivity index (χ0) is 13.6. The number of nitrogens with zero attached hydrogens (tertiary/aromatic N) is 1. The summed E-state index contributed by atoms with van der Waals surface area (Å²) in [7, 11) is 0. The highest BCUT2D eigenvalue weighted by atomic mass is 16.2. The first-order chi connectivity index (χ1) is 9.08.